The van der Waals surface area contributed by atoms with E-state index in [1.54, 1.807) is 37.6 Å². The van der Waals surface area contributed by atoms with E-state index in [4.69, 9.17) is 10.5 Å². The molecule has 1 aromatic carbocycles. The standard InChI is InChI=1S/C14H17N3O5S/c1-17(2)12(19)8-23-10-6-4-3-5-9(10)13(20)22-7-11(18)16-14(15)21/h3-6H,7-8H2,1-2H3,(H3,15,16,18,21). The first kappa shape index (κ1) is 18.5. The van der Waals surface area contributed by atoms with Gasteiger partial charge in [-0.1, -0.05) is 12.1 Å². The van der Waals surface area contributed by atoms with Gasteiger partial charge in [-0.3, -0.25) is 14.9 Å². The van der Waals surface area contributed by atoms with Gasteiger partial charge in [0.15, 0.2) is 6.61 Å². The maximum atomic E-state index is 12.0. The molecule has 0 saturated heterocycles. The first-order valence-corrected chi connectivity index (χ1v) is 7.48. The molecular weight excluding hydrogens is 322 g/mol. The van der Waals surface area contributed by atoms with Gasteiger partial charge in [-0.05, 0) is 12.1 Å². The molecule has 0 radical (unpaired) electrons. The Kier molecular flexibility index (Phi) is 7.07. The minimum absolute atomic E-state index is 0.0981. The fourth-order valence-corrected chi connectivity index (χ4v) is 2.43. The molecule has 3 N–H and O–H groups in total. The van der Waals surface area contributed by atoms with Gasteiger partial charge >= 0.3 is 12.0 Å². The number of primary amides is 1. The molecule has 0 atom stereocenters. The summed E-state index contributed by atoms with van der Waals surface area (Å²) < 4.78 is 4.82. The zero-order chi connectivity index (χ0) is 17.4. The highest BCUT2D eigenvalue weighted by atomic mass is 32.2. The van der Waals surface area contributed by atoms with Crippen LogP contribution in [0.25, 0.3) is 0 Å². The van der Waals surface area contributed by atoms with Crippen molar-refractivity contribution in [1.82, 2.24) is 10.2 Å². The molecule has 1 aromatic rings. The zero-order valence-electron chi connectivity index (χ0n) is 12.7. The van der Waals surface area contributed by atoms with E-state index in [1.807, 2.05) is 0 Å². The quantitative estimate of drug-likeness (QED) is 0.565. The van der Waals surface area contributed by atoms with Crippen molar-refractivity contribution in [3.05, 3.63) is 29.8 Å². The van der Waals surface area contributed by atoms with E-state index in [0.29, 0.717) is 4.90 Å². The molecule has 0 spiro atoms. The smallest absolute Gasteiger partial charge is 0.339 e. The number of ether oxygens (including phenoxy) is 1. The third-order valence-corrected chi connectivity index (χ3v) is 3.61. The van der Waals surface area contributed by atoms with E-state index in [1.165, 1.54) is 22.7 Å². The molecule has 0 unspecified atom stereocenters. The Labute approximate surface area is 137 Å². The van der Waals surface area contributed by atoms with Gasteiger partial charge in [-0.2, -0.15) is 0 Å². The first-order chi connectivity index (χ1) is 10.8. The first-order valence-electron chi connectivity index (χ1n) is 6.49. The van der Waals surface area contributed by atoms with Crippen LogP contribution in [0, 0.1) is 0 Å². The van der Waals surface area contributed by atoms with Gasteiger partial charge in [0.2, 0.25) is 5.91 Å². The lowest BCUT2D eigenvalue weighted by Crippen LogP contribution is -2.37. The second-order valence-electron chi connectivity index (χ2n) is 4.56. The number of imide groups is 1. The number of amides is 4. The predicted molar refractivity (Wildman–Crippen MR) is 83.9 cm³/mol. The van der Waals surface area contributed by atoms with Gasteiger partial charge in [-0.25, -0.2) is 9.59 Å². The maximum absolute atomic E-state index is 12.0. The zero-order valence-corrected chi connectivity index (χ0v) is 13.5. The number of esters is 1. The number of nitrogens with two attached hydrogens (primary N) is 1. The largest absolute Gasteiger partial charge is 0.452 e. The number of carbonyl (C=O) groups is 4. The summed E-state index contributed by atoms with van der Waals surface area (Å²) in [5, 5.41) is 1.78. The van der Waals surface area contributed by atoms with Crippen molar-refractivity contribution in [2.24, 2.45) is 5.73 Å². The Bertz CT molecular complexity index is 618. The highest BCUT2D eigenvalue weighted by Crippen LogP contribution is 2.23. The van der Waals surface area contributed by atoms with Crippen LogP contribution >= 0.6 is 11.8 Å². The number of benzene rings is 1. The average Bonchev–Trinajstić information content (AvgIpc) is 2.49. The number of rotatable bonds is 6. The summed E-state index contributed by atoms with van der Waals surface area (Å²) in [4.78, 5) is 47.3. The molecule has 9 heteroatoms. The van der Waals surface area contributed by atoms with E-state index in [9.17, 15) is 19.2 Å². The van der Waals surface area contributed by atoms with Crippen LogP contribution in [-0.4, -0.2) is 55.2 Å². The third-order valence-electron chi connectivity index (χ3n) is 2.55. The summed E-state index contributed by atoms with van der Waals surface area (Å²) in [6, 6.07) is 5.53. The molecule has 0 aliphatic rings. The molecular formula is C14H17N3O5S. The lowest BCUT2D eigenvalue weighted by atomic mass is 10.2. The van der Waals surface area contributed by atoms with Crippen LogP contribution in [0.2, 0.25) is 0 Å². The Balaban J connectivity index is 2.68. The van der Waals surface area contributed by atoms with Crippen LogP contribution in [0.3, 0.4) is 0 Å². The second-order valence-corrected chi connectivity index (χ2v) is 5.58. The number of thioether (sulfide) groups is 1. The molecule has 124 valence electrons. The third kappa shape index (κ3) is 6.39. The molecule has 1 rings (SSSR count). The summed E-state index contributed by atoms with van der Waals surface area (Å²) in [5.74, 6) is -1.48. The van der Waals surface area contributed by atoms with E-state index in [2.05, 4.69) is 0 Å². The van der Waals surface area contributed by atoms with Crippen LogP contribution in [0.1, 0.15) is 10.4 Å². The van der Waals surface area contributed by atoms with Crippen LogP contribution < -0.4 is 11.1 Å². The minimum atomic E-state index is -1.02. The highest BCUT2D eigenvalue weighted by molar-refractivity contribution is 8.00. The molecule has 23 heavy (non-hydrogen) atoms. The number of nitrogens with one attached hydrogen (secondary N) is 1. The summed E-state index contributed by atoms with van der Waals surface area (Å²) in [5.41, 5.74) is 5.01. The molecule has 0 aliphatic carbocycles. The van der Waals surface area contributed by atoms with Crippen molar-refractivity contribution in [3.63, 3.8) is 0 Å². The lowest BCUT2D eigenvalue weighted by molar-refractivity contribution is -0.126. The van der Waals surface area contributed by atoms with E-state index >= 15 is 0 Å². The van der Waals surface area contributed by atoms with Crippen molar-refractivity contribution >= 4 is 35.6 Å². The van der Waals surface area contributed by atoms with E-state index in [0.717, 1.165) is 0 Å². The number of hydrogen-bond acceptors (Lipinski definition) is 6. The minimum Gasteiger partial charge on any atom is -0.452 e. The Hall–Kier alpha value is -2.55. The van der Waals surface area contributed by atoms with Crippen molar-refractivity contribution < 1.29 is 23.9 Å². The van der Waals surface area contributed by atoms with Crippen molar-refractivity contribution in [1.29, 1.82) is 0 Å². The fourth-order valence-electron chi connectivity index (χ4n) is 1.41. The van der Waals surface area contributed by atoms with Crippen LogP contribution in [-0.2, 0) is 14.3 Å². The normalized spacial score (nSPS) is 9.83. The molecule has 0 fully saturated rings. The van der Waals surface area contributed by atoms with Gasteiger partial charge in [0.05, 0.1) is 11.3 Å². The topological polar surface area (TPSA) is 119 Å². The maximum Gasteiger partial charge on any atom is 0.339 e. The van der Waals surface area contributed by atoms with Gasteiger partial charge in [0, 0.05) is 19.0 Å². The van der Waals surface area contributed by atoms with Crippen LogP contribution in [0.15, 0.2) is 29.2 Å². The number of urea groups is 1. The van der Waals surface area contributed by atoms with Crippen LogP contribution in [0.4, 0.5) is 4.79 Å². The average molecular weight is 339 g/mol. The molecule has 0 bridgehead atoms. The summed E-state index contributed by atoms with van der Waals surface area (Å²) >= 11 is 1.19. The molecule has 0 saturated carbocycles. The molecule has 0 heterocycles. The van der Waals surface area contributed by atoms with Crippen molar-refractivity contribution in [2.45, 2.75) is 4.90 Å². The SMILES string of the molecule is CN(C)C(=O)CSc1ccccc1C(=O)OCC(=O)NC(N)=O. The van der Waals surface area contributed by atoms with Crippen molar-refractivity contribution in [2.75, 3.05) is 26.5 Å². The van der Waals surface area contributed by atoms with Gasteiger partial charge in [0.1, 0.15) is 0 Å². The van der Waals surface area contributed by atoms with E-state index < -0.39 is 24.5 Å². The van der Waals surface area contributed by atoms with Crippen LogP contribution in [0.5, 0.6) is 0 Å². The van der Waals surface area contributed by atoms with Gasteiger partial charge in [-0.15, -0.1) is 11.8 Å². The number of carbonyl (C=O) groups excluding carboxylic acids is 4. The number of nitrogens with zero attached hydrogens (tertiary/aromatic N) is 1. The Morgan fingerprint density at radius 2 is 1.87 bits per heavy atom. The highest BCUT2D eigenvalue weighted by Gasteiger charge is 2.16. The summed E-state index contributed by atoms with van der Waals surface area (Å²) in [6.07, 6.45) is 0. The summed E-state index contributed by atoms with van der Waals surface area (Å²) in [7, 11) is 3.28. The molecule has 8 nitrogen and oxygen atoms in total. The molecule has 4 amide bonds. The van der Waals surface area contributed by atoms with Gasteiger partial charge in [0.25, 0.3) is 5.91 Å². The Morgan fingerprint density at radius 1 is 1.22 bits per heavy atom. The van der Waals surface area contributed by atoms with E-state index in [-0.39, 0.29) is 17.2 Å². The van der Waals surface area contributed by atoms with Gasteiger partial charge < -0.3 is 15.4 Å². The van der Waals surface area contributed by atoms with Crippen molar-refractivity contribution in [3.8, 4) is 0 Å². The number of hydrogen-bond donors (Lipinski definition) is 2. The Morgan fingerprint density at radius 3 is 2.48 bits per heavy atom. The molecule has 0 aromatic heterocycles. The molecule has 0 aliphatic heterocycles. The lowest BCUT2D eigenvalue weighted by Gasteiger charge is -2.11. The second kappa shape index (κ2) is 8.79. The predicted octanol–water partition coefficient (Wildman–Crippen LogP) is 0.219. The monoisotopic (exact) mass is 339 g/mol. The summed E-state index contributed by atoms with van der Waals surface area (Å²) in [6.45, 7) is -0.628. The fraction of sp³-hybridized carbons (Fsp3) is 0.286.